The minimum atomic E-state index is -3.89. The highest BCUT2D eigenvalue weighted by atomic mass is 31.2. The second-order valence-electron chi connectivity index (χ2n) is 6.85. The molecule has 9 heteroatoms. The first-order chi connectivity index (χ1) is 14.6. The molecule has 0 aromatic heterocycles. The fraction of sp³-hybridized carbons (Fsp3) is 0.455. The SMILES string of the molecule is C=C(C)C(=O)OCCCOP(=O)(OCCCOC(=O)C(=C)C)OCc1ccccc1C. The molecule has 0 aliphatic carbocycles. The zero-order valence-corrected chi connectivity index (χ0v) is 19.3. The van der Waals surface area contributed by atoms with Crippen LogP contribution in [0, 0.1) is 6.92 Å². The van der Waals surface area contributed by atoms with Crippen molar-refractivity contribution in [3.05, 3.63) is 59.7 Å². The third-order valence-corrected chi connectivity index (χ3v) is 5.32. The van der Waals surface area contributed by atoms with Crippen molar-refractivity contribution in [3.63, 3.8) is 0 Å². The van der Waals surface area contributed by atoms with Crippen LogP contribution in [0.2, 0.25) is 0 Å². The molecule has 1 aromatic rings. The topological polar surface area (TPSA) is 97.4 Å². The molecule has 0 atom stereocenters. The molecule has 0 fully saturated rings. The fourth-order valence-electron chi connectivity index (χ4n) is 2.08. The van der Waals surface area contributed by atoms with Crippen LogP contribution < -0.4 is 0 Å². The van der Waals surface area contributed by atoms with Crippen molar-refractivity contribution >= 4 is 19.8 Å². The number of rotatable bonds is 15. The summed E-state index contributed by atoms with van der Waals surface area (Å²) in [4.78, 5) is 22.8. The second kappa shape index (κ2) is 13.9. The molecular weight excluding hydrogens is 423 g/mol. The lowest BCUT2D eigenvalue weighted by atomic mass is 10.1. The average molecular weight is 454 g/mol. The van der Waals surface area contributed by atoms with E-state index in [0.29, 0.717) is 24.0 Å². The maximum Gasteiger partial charge on any atom is 0.475 e. The van der Waals surface area contributed by atoms with Crippen LogP contribution >= 0.6 is 7.82 Å². The van der Waals surface area contributed by atoms with E-state index in [9.17, 15) is 14.2 Å². The Hall–Kier alpha value is -2.25. The minimum Gasteiger partial charge on any atom is -0.462 e. The van der Waals surface area contributed by atoms with Crippen molar-refractivity contribution < 1.29 is 37.2 Å². The molecule has 0 saturated carbocycles. The fourth-order valence-corrected chi connectivity index (χ4v) is 3.31. The highest BCUT2D eigenvalue weighted by Crippen LogP contribution is 2.50. The molecule has 0 amide bonds. The molecule has 0 radical (unpaired) electrons. The van der Waals surface area contributed by atoms with Crippen molar-refractivity contribution in [1.29, 1.82) is 0 Å². The molecule has 0 aliphatic rings. The number of hydrogen-bond acceptors (Lipinski definition) is 8. The van der Waals surface area contributed by atoms with Gasteiger partial charge in [0.2, 0.25) is 0 Å². The number of hydrogen-bond donors (Lipinski definition) is 0. The number of carbonyl (C=O) groups excluding carboxylic acids is 2. The smallest absolute Gasteiger partial charge is 0.462 e. The van der Waals surface area contributed by atoms with E-state index in [-0.39, 0.29) is 33.0 Å². The van der Waals surface area contributed by atoms with Crippen LogP contribution in [0.1, 0.15) is 37.8 Å². The summed E-state index contributed by atoms with van der Waals surface area (Å²) in [5.74, 6) is -1.00. The van der Waals surface area contributed by atoms with Crippen molar-refractivity contribution in [2.75, 3.05) is 26.4 Å². The Balaban J connectivity index is 2.55. The van der Waals surface area contributed by atoms with Gasteiger partial charge in [0.05, 0.1) is 33.0 Å². The summed E-state index contributed by atoms with van der Waals surface area (Å²) in [5.41, 5.74) is 2.42. The molecule has 31 heavy (non-hydrogen) atoms. The lowest BCUT2D eigenvalue weighted by Crippen LogP contribution is -2.10. The zero-order chi connectivity index (χ0) is 23.3. The predicted octanol–water partition coefficient (Wildman–Crippen LogP) is 4.67. The van der Waals surface area contributed by atoms with Crippen LogP contribution in [0.4, 0.5) is 0 Å². The van der Waals surface area contributed by atoms with Crippen LogP contribution in [0.5, 0.6) is 0 Å². The first-order valence-electron chi connectivity index (χ1n) is 9.88. The van der Waals surface area contributed by atoms with Crippen molar-refractivity contribution in [2.45, 2.75) is 40.2 Å². The van der Waals surface area contributed by atoms with Crippen LogP contribution in [-0.4, -0.2) is 38.4 Å². The number of phosphoric ester groups is 1. The summed E-state index contributed by atoms with van der Waals surface area (Å²) >= 11 is 0. The van der Waals surface area contributed by atoms with Gasteiger partial charge >= 0.3 is 19.8 Å². The quantitative estimate of drug-likeness (QED) is 0.163. The monoisotopic (exact) mass is 454 g/mol. The summed E-state index contributed by atoms with van der Waals surface area (Å²) in [7, 11) is -3.89. The lowest BCUT2D eigenvalue weighted by molar-refractivity contribution is -0.140. The number of ether oxygens (including phenoxy) is 2. The molecule has 1 rings (SSSR count). The third-order valence-electron chi connectivity index (χ3n) is 3.88. The maximum atomic E-state index is 13.0. The van der Waals surface area contributed by atoms with Gasteiger partial charge in [-0.05, 0) is 31.9 Å². The molecule has 0 heterocycles. The van der Waals surface area contributed by atoms with E-state index >= 15 is 0 Å². The Labute approximate surface area is 183 Å². The van der Waals surface area contributed by atoms with Gasteiger partial charge in [0, 0.05) is 24.0 Å². The molecule has 8 nitrogen and oxygen atoms in total. The molecule has 0 aliphatic heterocycles. The van der Waals surface area contributed by atoms with Crippen LogP contribution in [0.25, 0.3) is 0 Å². The minimum absolute atomic E-state index is 0.000829. The van der Waals surface area contributed by atoms with Crippen molar-refractivity contribution in [1.82, 2.24) is 0 Å². The van der Waals surface area contributed by atoms with Gasteiger partial charge in [-0.1, -0.05) is 37.4 Å². The van der Waals surface area contributed by atoms with Gasteiger partial charge in [0.1, 0.15) is 0 Å². The van der Waals surface area contributed by atoms with Gasteiger partial charge in [-0.3, -0.25) is 13.6 Å². The Kier molecular flexibility index (Phi) is 12.0. The molecule has 172 valence electrons. The van der Waals surface area contributed by atoms with Gasteiger partial charge in [0.25, 0.3) is 0 Å². The Morgan fingerprint density at radius 1 is 0.839 bits per heavy atom. The maximum absolute atomic E-state index is 13.0. The van der Waals surface area contributed by atoms with E-state index < -0.39 is 19.8 Å². The van der Waals surface area contributed by atoms with Gasteiger partial charge < -0.3 is 9.47 Å². The second-order valence-corrected chi connectivity index (χ2v) is 8.52. The molecule has 0 N–H and O–H groups in total. The number of carbonyl (C=O) groups is 2. The van der Waals surface area contributed by atoms with E-state index in [2.05, 4.69) is 13.2 Å². The van der Waals surface area contributed by atoms with Crippen LogP contribution in [0.15, 0.2) is 48.6 Å². The summed E-state index contributed by atoms with van der Waals surface area (Å²) in [6.07, 6.45) is 0.604. The Morgan fingerprint density at radius 3 is 1.77 bits per heavy atom. The predicted molar refractivity (Wildman–Crippen MR) is 116 cm³/mol. The van der Waals surface area contributed by atoms with E-state index in [1.54, 1.807) is 13.8 Å². The molecule has 0 spiro atoms. The van der Waals surface area contributed by atoms with E-state index in [1.807, 2.05) is 31.2 Å². The van der Waals surface area contributed by atoms with Gasteiger partial charge in [0.15, 0.2) is 0 Å². The van der Waals surface area contributed by atoms with E-state index in [0.717, 1.165) is 11.1 Å². The number of esters is 2. The lowest BCUT2D eigenvalue weighted by Gasteiger charge is -2.19. The van der Waals surface area contributed by atoms with Gasteiger partial charge in [-0.15, -0.1) is 0 Å². The molecule has 0 unspecified atom stereocenters. The van der Waals surface area contributed by atoms with E-state index in [1.165, 1.54) is 0 Å². The summed E-state index contributed by atoms with van der Waals surface area (Å²) < 4.78 is 39.2. The molecular formula is C22H31O8P. The Bertz CT molecular complexity index is 777. The van der Waals surface area contributed by atoms with Crippen LogP contribution in [0.3, 0.4) is 0 Å². The molecule has 1 aromatic carbocycles. The first kappa shape index (κ1) is 26.8. The normalized spacial score (nSPS) is 11.1. The standard InChI is InChI=1S/C22H31O8P/c1-17(2)21(23)26-12-8-14-28-31(25,29-15-9-13-27-22(24)18(3)4)30-16-20-11-7-6-10-19(20)5/h6-7,10-11H,1,3,8-9,12-16H2,2,4-5H3. The van der Waals surface area contributed by atoms with Gasteiger partial charge in [-0.2, -0.15) is 0 Å². The third kappa shape index (κ3) is 11.1. The highest BCUT2D eigenvalue weighted by molar-refractivity contribution is 7.48. The average Bonchev–Trinajstić information content (AvgIpc) is 2.72. The Morgan fingerprint density at radius 2 is 1.32 bits per heavy atom. The number of phosphoric acid groups is 1. The molecule has 0 bridgehead atoms. The number of aryl methyl sites for hydroxylation is 1. The summed E-state index contributed by atoms with van der Waals surface area (Å²) in [6, 6.07) is 7.51. The van der Waals surface area contributed by atoms with Crippen molar-refractivity contribution in [2.24, 2.45) is 0 Å². The van der Waals surface area contributed by atoms with Gasteiger partial charge in [-0.25, -0.2) is 14.2 Å². The number of benzene rings is 1. The van der Waals surface area contributed by atoms with Crippen LogP contribution in [-0.2, 0) is 43.8 Å². The summed E-state index contributed by atoms with van der Waals surface area (Å²) in [6.45, 7) is 12.2. The summed E-state index contributed by atoms with van der Waals surface area (Å²) in [5, 5.41) is 0. The largest absolute Gasteiger partial charge is 0.475 e. The zero-order valence-electron chi connectivity index (χ0n) is 18.4. The first-order valence-corrected chi connectivity index (χ1v) is 11.3. The van der Waals surface area contributed by atoms with Crippen molar-refractivity contribution in [3.8, 4) is 0 Å². The highest BCUT2D eigenvalue weighted by Gasteiger charge is 2.27. The molecule has 0 saturated heterocycles. The van der Waals surface area contributed by atoms with E-state index in [4.69, 9.17) is 23.0 Å².